The summed E-state index contributed by atoms with van der Waals surface area (Å²) >= 11 is 0. The third-order valence-corrected chi connectivity index (χ3v) is 2.67. The molecule has 0 spiro atoms. The van der Waals surface area contributed by atoms with E-state index in [1.165, 1.54) is 6.07 Å². The minimum absolute atomic E-state index is 0.131. The predicted molar refractivity (Wildman–Crippen MR) is 78.5 cm³/mol. The van der Waals surface area contributed by atoms with Crippen LogP contribution in [0.5, 0.6) is 0 Å². The molecule has 21 heavy (non-hydrogen) atoms. The van der Waals surface area contributed by atoms with Gasteiger partial charge in [0.2, 0.25) is 0 Å². The van der Waals surface area contributed by atoms with Crippen LogP contribution >= 0.6 is 0 Å². The van der Waals surface area contributed by atoms with Crippen LogP contribution in [0.1, 0.15) is 31.1 Å². The zero-order chi connectivity index (χ0) is 15.8. The molecule has 1 rings (SSSR count). The van der Waals surface area contributed by atoms with Gasteiger partial charge in [0.05, 0.1) is 16.6 Å². The lowest BCUT2D eigenvalue weighted by Gasteiger charge is -2.14. The van der Waals surface area contributed by atoms with E-state index in [0.29, 0.717) is 25.5 Å². The third-order valence-electron chi connectivity index (χ3n) is 2.67. The number of hydrogen-bond acceptors (Lipinski definition) is 6. The molecule has 1 unspecified atom stereocenters. The molecule has 1 heterocycles. The van der Waals surface area contributed by atoms with Crippen LogP contribution in [0.4, 0.5) is 11.5 Å². The number of aromatic nitrogens is 1. The van der Waals surface area contributed by atoms with E-state index in [9.17, 15) is 14.9 Å². The Labute approximate surface area is 123 Å². The fourth-order valence-electron chi connectivity index (χ4n) is 1.71. The molecular weight excluding hydrogens is 276 g/mol. The molecule has 0 aromatic carbocycles. The summed E-state index contributed by atoms with van der Waals surface area (Å²) in [6.07, 6.45) is 0.991. The Morgan fingerprint density at radius 1 is 1.52 bits per heavy atom. The van der Waals surface area contributed by atoms with Crippen molar-refractivity contribution >= 4 is 17.4 Å². The Bertz CT molecular complexity index is 507. The summed E-state index contributed by atoms with van der Waals surface area (Å²) in [4.78, 5) is 26.3. The van der Waals surface area contributed by atoms with Gasteiger partial charge in [-0.25, -0.2) is 4.98 Å². The normalized spacial score (nSPS) is 11.8. The average Bonchev–Trinajstić information content (AvgIpc) is 2.45. The lowest BCUT2D eigenvalue weighted by molar-refractivity contribution is -0.385. The molecule has 2 N–H and O–H groups in total. The Morgan fingerprint density at radius 3 is 2.81 bits per heavy atom. The minimum atomic E-state index is -0.581. The van der Waals surface area contributed by atoms with Crippen molar-refractivity contribution in [1.29, 1.82) is 0 Å². The molecule has 1 aromatic rings. The summed E-state index contributed by atoms with van der Waals surface area (Å²) in [7, 11) is 0. The van der Waals surface area contributed by atoms with Gasteiger partial charge >= 0.3 is 0 Å². The summed E-state index contributed by atoms with van der Waals surface area (Å²) in [5.41, 5.74) is -0.0746. The van der Waals surface area contributed by atoms with Crippen LogP contribution < -0.4 is 10.6 Å². The standard InChI is InChI=1S/C13H20N4O4/c1-4-14-12-11(6-10(8-15-12)17(19)20)13(18)16-7-9(3)21-5-2/h6,8-9H,4-5,7H2,1-3H3,(H,14,15)(H,16,18). The number of carbonyl (C=O) groups excluding carboxylic acids is 1. The molecule has 1 amide bonds. The second kappa shape index (κ2) is 8.15. The van der Waals surface area contributed by atoms with E-state index in [0.717, 1.165) is 6.20 Å². The van der Waals surface area contributed by atoms with Crippen molar-refractivity contribution in [3.05, 3.63) is 27.9 Å². The highest BCUT2D eigenvalue weighted by atomic mass is 16.6. The van der Waals surface area contributed by atoms with Gasteiger partial charge in [0, 0.05) is 25.8 Å². The predicted octanol–water partition coefficient (Wildman–Crippen LogP) is 1.58. The molecule has 1 atom stereocenters. The molecule has 1 aromatic heterocycles. The Hall–Kier alpha value is -2.22. The molecule has 0 radical (unpaired) electrons. The van der Waals surface area contributed by atoms with E-state index < -0.39 is 10.8 Å². The topological polar surface area (TPSA) is 106 Å². The SMILES string of the molecule is CCNc1ncc([N+](=O)[O-])cc1C(=O)NCC(C)OCC. The summed E-state index contributed by atoms with van der Waals surface area (Å²) < 4.78 is 5.31. The monoisotopic (exact) mass is 296 g/mol. The molecule has 116 valence electrons. The van der Waals surface area contributed by atoms with Gasteiger partial charge in [-0.1, -0.05) is 0 Å². The van der Waals surface area contributed by atoms with Crippen LogP contribution in [-0.2, 0) is 4.74 Å². The lowest BCUT2D eigenvalue weighted by atomic mass is 10.2. The number of rotatable bonds is 8. The second-order valence-corrected chi connectivity index (χ2v) is 4.35. The summed E-state index contributed by atoms with van der Waals surface area (Å²) in [5.74, 6) is -0.0987. The largest absolute Gasteiger partial charge is 0.377 e. The number of carbonyl (C=O) groups is 1. The van der Waals surface area contributed by atoms with Gasteiger partial charge in [-0.2, -0.15) is 0 Å². The molecule has 8 heteroatoms. The number of amides is 1. The van der Waals surface area contributed by atoms with Gasteiger partial charge in [0.15, 0.2) is 0 Å². The van der Waals surface area contributed by atoms with Gasteiger partial charge < -0.3 is 15.4 Å². The van der Waals surface area contributed by atoms with Crippen molar-refractivity contribution in [2.75, 3.05) is 25.0 Å². The molecular formula is C13H20N4O4. The third kappa shape index (κ3) is 4.99. The van der Waals surface area contributed by atoms with E-state index in [1.54, 1.807) is 0 Å². The van der Waals surface area contributed by atoms with Crippen molar-refractivity contribution in [2.45, 2.75) is 26.9 Å². The fraction of sp³-hybridized carbons (Fsp3) is 0.538. The molecule has 0 bridgehead atoms. The maximum absolute atomic E-state index is 12.2. The number of hydrogen-bond donors (Lipinski definition) is 2. The average molecular weight is 296 g/mol. The number of nitrogens with zero attached hydrogens (tertiary/aromatic N) is 2. The van der Waals surface area contributed by atoms with E-state index in [4.69, 9.17) is 4.74 Å². The zero-order valence-electron chi connectivity index (χ0n) is 12.4. The first-order valence-corrected chi connectivity index (χ1v) is 6.77. The Kier molecular flexibility index (Phi) is 6.54. The summed E-state index contributed by atoms with van der Waals surface area (Å²) in [6.45, 7) is 6.98. The molecule has 0 aliphatic heterocycles. The van der Waals surface area contributed by atoms with Crippen molar-refractivity contribution in [2.24, 2.45) is 0 Å². The van der Waals surface area contributed by atoms with E-state index >= 15 is 0 Å². The number of ether oxygens (including phenoxy) is 1. The van der Waals surface area contributed by atoms with Crippen molar-refractivity contribution in [3.63, 3.8) is 0 Å². The van der Waals surface area contributed by atoms with Crippen LogP contribution in [-0.4, -0.2) is 41.6 Å². The maximum atomic E-state index is 12.2. The smallest absolute Gasteiger partial charge is 0.288 e. The minimum Gasteiger partial charge on any atom is -0.377 e. The molecule has 0 saturated carbocycles. The maximum Gasteiger partial charge on any atom is 0.288 e. The number of nitrogens with one attached hydrogen (secondary N) is 2. The highest BCUT2D eigenvalue weighted by Crippen LogP contribution is 2.19. The summed E-state index contributed by atoms with van der Waals surface area (Å²) in [5, 5.41) is 16.4. The highest BCUT2D eigenvalue weighted by molar-refractivity contribution is 5.99. The van der Waals surface area contributed by atoms with Crippen molar-refractivity contribution in [3.8, 4) is 0 Å². The van der Waals surface area contributed by atoms with E-state index in [1.807, 2.05) is 20.8 Å². The molecule has 0 aliphatic rings. The molecule has 0 fully saturated rings. The number of anilines is 1. The van der Waals surface area contributed by atoms with Crippen molar-refractivity contribution in [1.82, 2.24) is 10.3 Å². The zero-order valence-corrected chi connectivity index (χ0v) is 12.4. The number of pyridine rings is 1. The summed E-state index contributed by atoms with van der Waals surface area (Å²) in [6, 6.07) is 1.21. The Morgan fingerprint density at radius 2 is 2.24 bits per heavy atom. The highest BCUT2D eigenvalue weighted by Gasteiger charge is 2.18. The van der Waals surface area contributed by atoms with Gasteiger partial charge in [-0.05, 0) is 20.8 Å². The van der Waals surface area contributed by atoms with Crippen LogP contribution in [0.3, 0.4) is 0 Å². The molecule has 0 saturated heterocycles. The Balaban J connectivity index is 2.88. The lowest BCUT2D eigenvalue weighted by Crippen LogP contribution is -2.32. The van der Waals surface area contributed by atoms with E-state index in [-0.39, 0.29) is 17.4 Å². The van der Waals surface area contributed by atoms with Crippen molar-refractivity contribution < 1.29 is 14.5 Å². The van der Waals surface area contributed by atoms with Crippen LogP contribution in [0.15, 0.2) is 12.3 Å². The first kappa shape index (κ1) is 16.8. The quantitative estimate of drug-likeness (QED) is 0.557. The van der Waals surface area contributed by atoms with Gasteiger partial charge in [-0.3, -0.25) is 14.9 Å². The molecule has 8 nitrogen and oxygen atoms in total. The van der Waals surface area contributed by atoms with Gasteiger partial charge in [0.25, 0.3) is 11.6 Å². The second-order valence-electron chi connectivity index (χ2n) is 4.35. The number of nitro groups is 1. The van der Waals surface area contributed by atoms with Crippen LogP contribution in [0.25, 0.3) is 0 Å². The molecule has 0 aliphatic carbocycles. The van der Waals surface area contributed by atoms with Crippen LogP contribution in [0.2, 0.25) is 0 Å². The first-order chi connectivity index (χ1) is 9.99. The van der Waals surface area contributed by atoms with Crippen LogP contribution in [0, 0.1) is 10.1 Å². The first-order valence-electron chi connectivity index (χ1n) is 6.77. The van der Waals surface area contributed by atoms with E-state index in [2.05, 4.69) is 15.6 Å². The fourth-order valence-corrected chi connectivity index (χ4v) is 1.71. The van der Waals surface area contributed by atoms with Gasteiger partial charge in [-0.15, -0.1) is 0 Å². The van der Waals surface area contributed by atoms with Gasteiger partial charge in [0.1, 0.15) is 12.0 Å².